The highest BCUT2D eigenvalue weighted by Crippen LogP contribution is 2.45. The highest BCUT2D eigenvalue weighted by molar-refractivity contribution is 5.94. The van der Waals surface area contributed by atoms with E-state index in [9.17, 15) is 10.1 Å². The fourth-order valence-corrected chi connectivity index (χ4v) is 5.76. The van der Waals surface area contributed by atoms with E-state index in [1.165, 1.54) is 68.5 Å². The number of hydrogen-bond acceptors (Lipinski definition) is 4. The summed E-state index contributed by atoms with van der Waals surface area (Å²) in [7, 11) is 0. The Kier molecular flexibility index (Phi) is 7.90. The van der Waals surface area contributed by atoms with Crippen LogP contribution in [0.3, 0.4) is 0 Å². The number of likely N-dealkylation sites (tertiary alicyclic amines) is 1. The number of hydrogen-bond donors (Lipinski definition) is 0. The molecule has 0 spiro atoms. The van der Waals surface area contributed by atoms with E-state index in [4.69, 9.17) is 4.74 Å². The van der Waals surface area contributed by atoms with Gasteiger partial charge < -0.3 is 9.64 Å². The van der Waals surface area contributed by atoms with Gasteiger partial charge in [0.15, 0.2) is 0 Å². The van der Waals surface area contributed by atoms with Crippen molar-refractivity contribution in [1.29, 1.82) is 5.26 Å². The summed E-state index contributed by atoms with van der Waals surface area (Å²) in [6.45, 7) is 4.98. The maximum atomic E-state index is 12.6. The second-order valence-corrected chi connectivity index (χ2v) is 9.89. The van der Waals surface area contributed by atoms with Crippen LogP contribution in [0.25, 0.3) is 0 Å². The lowest BCUT2D eigenvalue weighted by molar-refractivity contribution is -0.138. The van der Waals surface area contributed by atoms with E-state index in [0.717, 1.165) is 44.1 Å². The maximum Gasteiger partial charge on any atom is 0.349 e. The Labute approximate surface area is 193 Å². The molecular formula is C28H38N2O2. The van der Waals surface area contributed by atoms with Crippen molar-refractivity contribution in [3.63, 3.8) is 0 Å². The second kappa shape index (κ2) is 11.0. The molecule has 2 unspecified atom stereocenters. The molecule has 32 heavy (non-hydrogen) atoms. The van der Waals surface area contributed by atoms with Crippen molar-refractivity contribution < 1.29 is 9.53 Å². The molecule has 0 bridgehead atoms. The lowest BCUT2D eigenvalue weighted by Gasteiger charge is -2.39. The summed E-state index contributed by atoms with van der Waals surface area (Å²) < 4.78 is 5.42. The van der Waals surface area contributed by atoms with Gasteiger partial charge in [0, 0.05) is 18.8 Å². The molecule has 4 aliphatic rings. The van der Waals surface area contributed by atoms with E-state index in [2.05, 4.69) is 36.1 Å². The predicted octanol–water partition coefficient (Wildman–Crippen LogP) is 6.38. The van der Waals surface area contributed by atoms with Gasteiger partial charge in [-0.2, -0.15) is 5.26 Å². The van der Waals surface area contributed by atoms with E-state index in [1.807, 2.05) is 0 Å². The van der Waals surface area contributed by atoms with Crippen LogP contribution < -0.4 is 0 Å². The van der Waals surface area contributed by atoms with Gasteiger partial charge in [-0.1, -0.05) is 38.3 Å². The van der Waals surface area contributed by atoms with Crippen LogP contribution >= 0.6 is 0 Å². The molecule has 4 nitrogen and oxygen atoms in total. The Balaban J connectivity index is 1.50. The van der Waals surface area contributed by atoms with Crippen molar-refractivity contribution in [2.45, 2.75) is 84.0 Å². The lowest BCUT2D eigenvalue weighted by Crippen LogP contribution is -2.32. The summed E-state index contributed by atoms with van der Waals surface area (Å²) in [5.41, 5.74) is 5.35. The second-order valence-electron chi connectivity index (χ2n) is 9.89. The molecule has 0 radical (unpaired) electrons. The summed E-state index contributed by atoms with van der Waals surface area (Å²) in [5, 5.41) is 9.68. The molecule has 172 valence electrons. The largest absolute Gasteiger partial charge is 0.462 e. The van der Waals surface area contributed by atoms with Crippen molar-refractivity contribution in [2.24, 2.45) is 11.8 Å². The van der Waals surface area contributed by atoms with Crippen molar-refractivity contribution in [3.05, 3.63) is 46.2 Å². The normalized spacial score (nSPS) is 26.6. The molecule has 0 N–H and O–H groups in total. The van der Waals surface area contributed by atoms with Crippen LogP contribution in [0, 0.1) is 23.2 Å². The van der Waals surface area contributed by atoms with Crippen molar-refractivity contribution in [3.8, 4) is 6.07 Å². The first-order valence-electron chi connectivity index (χ1n) is 12.9. The van der Waals surface area contributed by atoms with Gasteiger partial charge in [-0.05, 0) is 92.4 Å². The smallest absolute Gasteiger partial charge is 0.349 e. The molecule has 4 rings (SSSR count). The Hall–Kier alpha value is -2.28. The number of nitriles is 1. The Morgan fingerprint density at radius 2 is 1.78 bits per heavy atom. The molecule has 0 saturated carbocycles. The SMILES string of the molecule is CCCCCCOC(=O)/C(C#N)=C1\C=C2C=C3C=C(N4CCCCC4)CCC3CC2CC1. The molecule has 0 aromatic rings. The van der Waals surface area contributed by atoms with Crippen molar-refractivity contribution in [2.75, 3.05) is 19.7 Å². The zero-order valence-corrected chi connectivity index (χ0v) is 19.7. The average molecular weight is 435 g/mol. The van der Waals surface area contributed by atoms with Crippen LogP contribution in [-0.2, 0) is 9.53 Å². The molecule has 1 saturated heterocycles. The minimum Gasteiger partial charge on any atom is -0.462 e. The molecule has 1 fully saturated rings. The van der Waals surface area contributed by atoms with Gasteiger partial charge in [-0.15, -0.1) is 0 Å². The molecule has 4 heteroatoms. The summed E-state index contributed by atoms with van der Waals surface area (Å²) in [6, 6.07) is 2.15. The molecule has 2 atom stereocenters. The third-order valence-corrected chi connectivity index (χ3v) is 7.66. The summed E-state index contributed by atoms with van der Waals surface area (Å²) >= 11 is 0. The van der Waals surface area contributed by atoms with Crippen LogP contribution in [0.15, 0.2) is 46.2 Å². The molecule has 1 heterocycles. The van der Waals surface area contributed by atoms with Gasteiger partial charge >= 0.3 is 5.97 Å². The summed E-state index contributed by atoms with van der Waals surface area (Å²) in [6.07, 6.45) is 20.7. The molecule has 0 aromatic heterocycles. The molecule has 1 aliphatic heterocycles. The van der Waals surface area contributed by atoms with Gasteiger partial charge in [0.25, 0.3) is 0 Å². The topological polar surface area (TPSA) is 53.3 Å². The zero-order chi connectivity index (χ0) is 22.3. The molecule has 3 aliphatic carbocycles. The number of allylic oxidation sites excluding steroid dienone is 7. The predicted molar refractivity (Wildman–Crippen MR) is 127 cm³/mol. The summed E-state index contributed by atoms with van der Waals surface area (Å²) in [5.74, 6) is 0.780. The number of unbranched alkanes of at least 4 members (excludes halogenated alkanes) is 3. The first-order chi connectivity index (χ1) is 15.7. The van der Waals surface area contributed by atoms with Crippen LogP contribution in [0.2, 0.25) is 0 Å². The Bertz CT molecular complexity index is 864. The number of nitrogens with zero attached hydrogens (tertiary/aromatic N) is 2. The van der Waals surface area contributed by atoms with E-state index < -0.39 is 5.97 Å². The standard InChI is InChI=1S/C28H38N2O2/c1-2-3-4-8-15-32-28(31)27(20-29)23-10-9-21-16-22-11-12-26(30-13-6-5-7-14-30)19-25(22)18-24(21)17-23/h17-19,21-22H,2-16H2,1H3/b27-23-. The fourth-order valence-electron chi connectivity index (χ4n) is 5.76. The number of fused-ring (bicyclic) bond motifs is 2. The Morgan fingerprint density at radius 1 is 1.03 bits per heavy atom. The minimum absolute atomic E-state index is 0.208. The zero-order valence-electron chi connectivity index (χ0n) is 19.7. The molecule has 0 amide bonds. The first kappa shape index (κ1) is 22.9. The van der Waals surface area contributed by atoms with Gasteiger partial charge in [-0.3, -0.25) is 0 Å². The van der Waals surface area contributed by atoms with Crippen LogP contribution in [0.5, 0.6) is 0 Å². The highest BCUT2D eigenvalue weighted by atomic mass is 16.5. The lowest BCUT2D eigenvalue weighted by atomic mass is 9.69. The third-order valence-electron chi connectivity index (χ3n) is 7.66. The number of carbonyl (C=O) groups excluding carboxylic acids is 1. The average Bonchev–Trinajstić information content (AvgIpc) is 2.83. The van der Waals surface area contributed by atoms with Gasteiger partial charge in [0.2, 0.25) is 0 Å². The highest BCUT2D eigenvalue weighted by Gasteiger charge is 2.32. The number of carbonyl (C=O) groups is 1. The quantitative estimate of drug-likeness (QED) is 0.202. The summed E-state index contributed by atoms with van der Waals surface area (Å²) in [4.78, 5) is 15.1. The fraction of sp³-hybridized carbons (Fsp3) is 0.643. The van der Waals surface area contributed by atoms with Gasteiger partial charge in [0.1, 0.15) is 11.6 Å². The van der Waals surface area contributed by atoms with E-state index in [-0.39, 0.29) is 5.57 Å². The van der Waals surface area contributed by atoms with Crippen molar-refractivity contribution in [1.82, 2.24) is 4.90 Å². The minimum atomic E-state index is -0.444. The van der Waals surface area contributed by atoms with Gasteiger partial charge in [-0.25, -0.2) is 4.79 Å². The number of esters is 1. The number of piperidine rings is 1. The van der Waals surface area contributed by atoms with E-state index in [0.29, 0.717) is 18.4 Å². The van der Waals surface area contributed by atoms with Crippen LogP contribution in [0.1, 0.15) is 84.0 Å². The molecule has 0 aromatic carbocycles. The van der Waals surface area contributed by atoms with Gasteiger partial charge in [0.05, 0.1) is 6.61 Å². The first-order valence-corrected chi connectivity index (χ1v) is 12.9. The number of ether oxygens (including phenoxy) is 1. The monoisotopic (exact) mass is 434 g/mol. The number of rotatable bonds is 7. The Morgan fingerprint density at radius 3 is 2.53 bits per heavy atom. The van der Waals surface area contributed by atoms with Crippen molar-refractivity contribution >= 4 is 5.97 Å². The van der Waals surface area contributed by atoms with E-state index in [1.54, 1.807) is 0 Å². The van der Waals surface area contributed by atoms with E-state index >= 15 is 0 Å². The third kappa shape index (κ3) is 5.37. The van der Waals surface area contributed by atoms with Crippen LogP contribution in [0.4, 0.5) is 0 Å². The molecular weight excluding hydrogens is 396 g/mol. The van der Waals surface area contributed by atoms with Crippen LogP contribution in [-0.4, -0.2) is 30.6 Å². The maximum absolute atomic E-state index is 12.6.